The smallest absolute Gasteiger partial charge is 0.239 e. The molecule has 4 N–H and O–H groups in total. The molecule has 0 fully saturated rings. The zero-order valence-corrected chi connectivity index (χ0v) is 11.0. The fourth-order valence-corrected chi connectivity index (χ4v) is 1.61. The van der Waals surface area contributed by atoms with Gasteiger partial charge in [0.1, 0.15) is 5.82 Å². The molecule has 0 spiro atoms. The Morgan fingerprint density at radius 1 is 1.28 bits per heavy atom. The molecule has 0 aliphatic heterocycles. The van der Waals surface area contributed by atoms with Crippen molar-refractivity contribution < 1.29 is 9.84 Å². The maximum absolute atomic E-state index is 8.66. The summed E-state index contributed by atoms with van der Waals surface area (Å²) < 4.78 is 5.33. The number of hydrogen-bond acceptors (Lipinski definition) is 5. The number of ether oxygens (including phenoxy) is 1. The van der Waals surface area contributed by atoms with E-state index in [9.17, 15) is 0 Å². The Hall–Kier alpha value is -1.49. The molecule has 18 heavy (non-hydrogen) atoms. The molecule has 0 amide bonds. The summed E-state index contributed by atoms with van der Waals surface area (Å²) in [7, 11) is 0. The third-order valence-electron chi connectivity index (χ3n) is 2.56. The number of unbranched alkanes of at least 4 members (excludes halogenated alkanes) is 3. The van der Waals surface area contributed by atoms with Crippen LogP contribution in [0.2, 0.25) is 0 Å². The van der Waals surface area contributed by atoms with E-state index in [1.54, 1.807) is 6.07 Å². The minimum atomic E-state index is 0.282. The van der Waals surface area contributed by atoms with E-state index in [2.05, 4.69) is 10.3 Å². The van der Waals surface area contributed by atoms with E-state index in [1.165, 1.54) is 0 Å². The second-order valence-electron chi connectivity index (χ2n) is 4.09. The van der Waals surface area contributed by atoms with Gasteiger partial charge in [0.2, 0.25) is 5.88 Å². The number of nitrogens with one attached hydrogen (secondary N) is 1. The minimum absolute atomic E-state index is 0.282. The zero-order chi connectivity index (χ0) is 13.2. The number of pyridine rings is 1. The summed E-state index contributed by atoms with van der Waals surface area (Å²) in [4.78, 5) is 4.30. The number of anilines is 2. The van der Waals surface area contributed by atoms with Crippen LogP contribution in [0.5, 0.6) is 5.88 Å². The van der Waals surface area contributed by atoms with Gasteiger partial charge < -0.3 is 20.9 Å². The van der Waals surface area contributed by atoms with Crippen LogP contribution in [0, 0.1) is 0 Å². The molecule has 0 atom stereocenters. The molecule has 5 nitrogen and oxygen atoms in total. The van der Waals surface area contributed by atoms with E-state index in [1.807, 2.05) is 13.0 Å². The SMILES string of the molecule is CCOc1nc(NCCCCCCO)ccc1N. The van der Waals surface area contributed by atoms with Crippen molar-refractivity contribution in [1.29, 1.82) is 0 Å². The largest absolute Gasteiger partial charge is 0.476 e. The number of nitrogens with two attached hydrogens (primary N) is 1. The van der Waals surface area contributed by atoms with Gasteiger partial charge in [-0.05, 0) is 31.9 Å². The van der Waals surface area contributed by atoms with Gasteiger partial charge in [-0.25, -0.2) is 0 Å². The maximum atomic E-state index is 8.66. The first-order valence-electron chi connectivity index (χ1n) is 6.52. The average Bonchev–Trinajstić information content (AvgIpc) is 2.37. The summed E-state index contributed by atoms with van der Waals surface area (Å²) in [5.74, 6) is 1.28. The molecule has 5 heteroatoms. The van der Waals surface area contributed by atoms with Crippen molar-refractivity contribution in [2.24, 2.45) is 0 Å². The normalized spacial score (nSPS) is 10.3. The summed E-state index contributed by atoms with van der Waals surface area (Å²) in [6.45, 7) is 3.61. The van der Waals surface area contributed by atoms with E-state index in [0.717, 1.165) is 38.0 Å². The second-order valence-corrected chi connectivity index (χ2v) is 4.09. The van der Waals surface area contributed by atoms with Crippen LogP contribution in [0.25, 0.3) is 0 Å². The van der Waals surface area contributed by atoms with Gasteiger partial charge in [0.15, 0.2) is 0 Å². The Morgan fingerprint density at radius 2 is 2.06 bits per heavy atom. The van der Waals surface area contributed by atoms with E-state index in [-0.39, 0.29) is 6.61 Å². The van der Waals surface area contributed by atoms with Crippen molar-refractivity contribution >= 4 is 11.5 Å². The van der Waals surface area contributed by atoms with E-state index in [0.29, 0.717) is 18.2 Å². The lowest BCUT2D eigenvalue weighted by Crippen LogP contribution is -2.06. The average molecular weight is 253 g/mol. The molecular formula is C13H23N3O2. The van der Waals surface area contributed by atoms with Crippen LogP contribution in [-0.2, 0) is 0 Å². The fraction of sp³-hybridized carbons (Fsp3) is 0.615. The highest BCUT2D eigenvalue weighted by Crippen LogP contribution is 2.20. The molecule has 0 aromatic carbocycles. The van der Waals surface area contributed by atoms with Crippen molar-refractivity contribution in [1.82, 2.24) is 4.98 Å². The van der Waals surface area contributed by atoms with Crippen LogP contribution in [0.4, 0.5) is 11.5 Å². The van der Waals surface area contributed by atoms with Crippen molar-refractivity contribution in [3.63, 3.8) is 0 Å². The molecule has 0 bridgehead atoms. The van der Waals surface area contributed by atoms with Crippen molar-refractivity contribution in [2.75, 3.05) is 30.8 Å². The Morgan fingerprint density at radius 3 is 2.78 bits per heavy atom. The molecule has 0 radical (unpaired) electrons. The maximum Gasteiger partial charge on any atom is 0.239 e. The quantitative estimate of drug-likeness (QED) is 0.587. The first kappa shape index (κ1) is 14.6. The van der Waals surface area contributed by atoms with Gasteiger partial charge in [0.25, 0.3) is 0 Å². The molecular weight excluding hydrogens is 230 g/mol. The first-order chi connectivity index (χ1) is 8.77. The number of hydrogen-bond donors (Lipinski definition) is 3. The molecule has 0 aliphatic carbocycles. The Labute approximate surface area is 108 Å². The third-order valence-corrected chi connectivity index (χ3v) is 2.56. The lowest BCUT2D eigenvalue weighted by molar-refractivity contribution is 0.283. The summed E-state index contributed by atoms with van der Waals surface area (Å²) >= 11 is 0. The Bertz CT molecular complexity index is 345. The third kappa shape index (κ3) is 5.23. The number of aliphatic hydroxyl groups is 1. The van der Waals surface area contributed by atoms with Crippen LogP contribution in [0.1, 0.15) is 32.6 Å². The summed E-state index contributed by atoms with van der Waals surface area (Å²) in [6, 6.07) is 3.65. The second kappa shape index (κ2) is 8.58. The first-order valence-corrected chi connectivity index (χ1v) is 6.52. The van der Waals surface area contributed by atoms with Gasteiger partial charge in [-0.1, -0.05) is 12.8 Å². The molecule has 1 aromatic rings. The minimum Gasteiger partial charge on any atom is -0.476 e. The predicted octanol–water partition coefficient (Wildman–Crippen LogP) is 2.03. The van der Waals surface area contributed by atoms with E-state index < -0.39 is 0 Å². The van der Waals surface area contributed by atoms with Crippen molar-refractivity contribution in [3.05, 3.63) is 12.1 Å². The summed E-state index contributed by atoms with van der Waals surface area (Å²) in [5, 5.41) is 11.9. The highest BCUT2D eigenvalue weighted by Gasteiger charge is 2.03. The summed E-state index contributed by atoms with van der Waals surface area (Å²) in [5.41, 5.74) is 6.31. The van der Waals surface area contributed by atoms with E-state index >= 15 is 0 Å². The van der Waals surface area contributed by atoms with Gasteiger partial charge in [-0.15, -0.1) is 0 Å². The van der Waals surface area contributed by atoms with Crippen molar-refractivity contribution in [3.8, 4) is 5.88 Å². The number of aliphatic hydroxyl groups excluding tert-OH is 1. The molecule has 1 rings (SSSR count). The van der Waals surface area contributed by atoms with Crippen LogP contribution < -0.4 is 15.8 Å². The van der Waals surface area contributed by atoms with E-state index in [4.69, 9.17) is 15.6 Å². The van der Waals surface area contributed by atoms with Gasteiger partial charge in [-0.3, -0.25) is 0 Å². The molecule has 1 heterocycles. The predicted molar refractivity (Wildman–Crippen MR) is 73.9 cm³/mol. The summed E-state index contributed by atoms with van der Waals surface area (Å²) in [6.07, 6.45) is 4.13. The number of nitrogen functional groups attached to an aromatic ring is 1. The lowest BCUT2D eigenvalue weighted by atomic mass is 10.2. The standard InChI is InChI=1S/C13H23N3O2/c1-2-18-13-11(14)7-8-12(16-13)15-9-5-3-4-6-10-17/h7-8,17H,2-6,9-10,14H2,1H3,(H,15,16). The fourth-order valence-electron chi connectivity index (χ4n) is 1.61. The van der Waals surface area contributed by atoms with Crippen LogP contribution in [0.3, 0.4) is 0 Å². The van der Waals surface area contributed by atoms with Crippen LogP contribution in [0.15, 0.2) is 12.1 Å². The number of nitrogens with zero attached hydrogens (tertiary/aromatic N) is 1. The van der Waals surface area contributed by atoms with Crippen molar-refractivity contribution in [2.45, 2.75) is 32.6 Å². The molecule has 0 saturated carbocycles. The highest BCUT2D eigenvalue weighted by atomic mass is 16.5. The van der Waals surface area contributed by atoms with Crippen LogP contribution >= 0.6 is 0 Å². The van der Waals surface area contributed by atoms with Gasteiger partial charge >= 0.3 is 0 Å². The monoisotopic (exact) mass is 253 g/mol. The molecule has 102 valence electrons. The molecule has 0 saturated heterocycles. The molecule has 0 unspecified atom stereocenters. The highest BCUT2D eigenvalue weighted by molar-refractivity contribution is 5.53. The topological polar surface area (TPSA) is 80.4 Å². The zero-order valence-electron chi connectivity index (χ0n) is 11.0. The van der Waals surface area contributed by atoms with Gasteiger partial charge in [-0.2, -0.15) is 4.98 Å². The lowest BCUT2D eigenvalue weighted by Gasteiger charge is -2.09. The Kier molecular flexibility index (Phi) is 6.94. The number of rotatable bonds is 9. The van der Waals surface area contributed by atoms with Crippen LogP contribution in [-0.4, -0.2) is 29.8 Å². The molecule has 0 aliphatic rings. The molecule has 1 aromatic heterocycles. The van der Waals surface area contributed by atoms with Gasteiger partial charge in [0.05, 0.1) is 12.3 Å². The number of aromatic nitrogens is 1. The Balaban J connectivity index is 2.31. The van der Waals surface area contributed by atoms with Gasteiger partial charge in [0, 0.05) is 13.2 Å².